The molecule has 150 valence electrons. The van der Waals surface area contributed by atoms with Crippen molar-refractivity contribution in [3.63, 3.8) is 0 Å². The molecule has 0 fully saturated rings. The second-order valence-corrected chi connectivity index (χ2v) is 6.71. The highest BCUT2D eigenvalue weighted by atomic mass is 35.5. The average molecular weight is 422 g/mol. The van der Waals surface area contributed by atoms with Crippen molar-refractivity contribution in [2.45, 2.75) is 6.17 Å². The van der Waals surface area contributed by atoms with Crippen molar-refractivity contribution in [2.24, 2.45) is 16.8 Å². The number of hydrogen-bond acceptors (Lipinski definition) is 7. The van der Waals surface area contributed by atoms with Crippen LogP contribution in [0.4, 0.5) is 5.69 Å². The fourth-order valence-electron chi connectivity index (χ4n) is 2.91. The Morgan fingerprint density at radius 2 is 2.03 bits per heavy atom. The molecular weight excluding hydrogens is 406 g/mol. The van der Waals surface area contributed by atoms with E-state index < -0.39 is 24.7 Å². The molecule has 0 aromatic heterocycles. The largest absolute Gasteiger partial charge is 0.480 e. The third-order valence-electron chi connectivity index (χ3n) is 4.31. The molecule has 0 spiro atoms. The van der Waals surface area contributed by atoms with Gasteiger partial charge in [0.25, 0.3) is 0 Å². The molecule has 0 amide bonds. The number of benzene rings is 2. The van der Waals surface area contributed by atoms with E-state index in [1.165, 1.54) is 23.2 Å². The van der Waals surface area contributed by atoms with Gasteiger partial charge in [-0.25, -0.2) is 9.80 Å². The van der Waals surface area contributed by atoms with Crippen molar-refractivity contribution in [2.75, 3.05) is 11.6 Å². The number of nitrogens with zero attached hydrogens (tertiary/aromatic N) is 4. The van der Waals surface area contributed by atoms with Crippen LogP contribution >= 0.6 is 11.6 Å². The number of carboxylic acid groups (broad SMARTS) is 1. The van der Waals surface area contributed by atoms with Gasteiger partial charge in [0.15, 0.2) is 6.61 Å². The molecule has 2 aromatic rings. The lowest BCUT2D eigenvalue weighted by atomic mass is 9.95. The van der Waals surface area contributed by atoms with E-state index in [0.717, 1.165) is 0 Å². The molecule has 0 aliphatic carbocycles. The lowest BCUT2D eigenvalue weighted by Crippen LogP contribution is -2.40. The van der Waals surface area contributed by atoms with Crippen LogP contribution in [-0.2, 0) is 4.79 Å². The molecule has 0 unspecified atom stereocenters. The number of halogens is 1. The van der Waals surface area contributed by atoms with Gasteiger partial charge in [-0.1, -0.05) is 35.9 Å². The maximum absolute atomic E-state index is 10.6. The maximum Gasteiger partial charge on any atom is 0.341 e. The van der Waals surface area contributed by atoms with Gasteiger partial charge in [-0.05, 0) is 35.9 Å². The fraction of sp³-hybridized carbons (Fsp3) is 0.143. The summed E-state index contributed by atoms with van der Waals surface area (Å²) >= 11 is 6.14. The highest BCUT2D eigenvalue weighted by Gasteiger charge is 2.37. The van der Waals surface area contributed by atoms with Gasteiger partial charge in [0, 0.05) is 0 Å². The molecule has 9 heteroatoms. The first kappa shape index (κ1) is 20.9. The van der Waals surface area contributed by atoms with Gasteiger partial charge in [0.05, 0.1) is 28.1 Å². The number of ether oxygens (including phenoxy) is 1. The summed E-state index contributed by atoms with van der Waals surface area (Å²) in [5.41, 5.74) is 7.91. The molecule has 3 rings (SSSR count). The number of carbonyl (C=O) groups is 1. The van der Waals surface area contributed by atoms with Crippen molar-refractivity contribution in [1.82, 2.24) is 0 Å². The van der Waals surface area contributed by atoms with E-state index in [1.807, 2.05) is 30.3 Å². The summed E-state index contributed by atoms with van der Waals surface area (Å²) in [6.45, 7) is -0.522. The van der Waals surface area contributed by atoms with Crippen LogP contribution in [0.15, 0.2) is 59.2 Å². The molecule has 1 heterocycles. The first-order valence-corrected chi connectivity index (χ1v) is 9.16. The van der Waals surface area contributed by atoms with Crippen LogP contribution in [0, 0.1) is 28.6 Å². The zero-order chi connectivity index (χ0) is 21.7. The predicted octanol–water partition coefficient (Wildman–Crippen LogP) is 3.01. The summed E-state index contributed by atoms with van der Waals surface area (Å²) in [4.78, 5) is 10.6. The average Bonchev–Trinajstić information content (AvgIpc) is 3.08. The van der Waals surface area contributed by atoms with E-state index in [2.05, 4.69) is 17.2 Å². The smallest absolute Gasteiger partial charge is 0.341 e. The summed E-state index contributed by atoms with van der Waals surface area (Å²) < 4.78 is 5.09. The van der Waals surface area contributed by atoms with E-state index in [-0.39, 0.29) is 22.1 Å². The van der Waals surface area contributed by atoms with E-state index in [1.54, 1.807) is 6.07 Å². The Hall–Kier alpha value is -3.85. The zero-order valence-electron chi connectivity index (χ0n) is 15.6. The van der Waals surface area contributed by atoms with E-state index in [9.17, 15) is 15.3 Å². The molecule has 8 nitrogen and oxygen atoms in total. The monoisotopic (exact) mass is 421 g/mol. The minimum absolute atomic E-state index is 0.172. The lowest BCUT2D eigenvalue weighted by molar-refractivity contribution is -0.139. The third-order valence-corrected chi connectivity index (χ3v) is 4.60. The topological polar surface area (TPSA) is 136 Å². The summed E-state index contributed by atoms with van der Waals surface area (Å²) in [7, 11) is 0. The zero-order valence-corrected chi connectivity index (χ0v) is 16.3. The van der Waals surface area contributed by atoms with Crippen LogP contribution in [-0.4, -0.2) is 29.6 Å². The number of allylic oxidation sites excluding steroid dienone is 1. The van der Waals surface area contributed by atoms with Crippen molar-refractivity contribution in [3.05, 3.63) is 64.7 Å². The predicted molar refractivity (Wildman–Crippen MR) is 112 cm³/mol. The highest BCUT2D eigenvalue weighted by Crippen LogP contribution is 2.30. The Kier molecular flexibility index (Phi) is 6.33. The van der Waals surface area contributed by atoms with Crippen molar-refractivity contribution >= 4 is 35.0 Å². The molecule has 0 radical (unpaired) electrons. The molecule has 1 aliphatic rings. The fourth-order valence-corrected chi connectivity index (χ4v) is 3.15. The molecule has 30 heavy (non-hydrogen) atoms. The number of hydrazone groups is 1. The Morgan fingerprint density at radius 3 is 2.63 bits per heavy atom. The lowest BCUT2D eigenvalue weighted by Gasteiger charge is -2.21. The number of carboxylic acids is 1. The number of anilines is 1. The van der Waals surface area contributed by atoms with Gasteiger partial charge in [0.1, 0.15) is 23.9 Å². The SMILES string of the molecule is N#C/C(=C/c1ccc(OCC(=O)O)c(Cl)c1)C1=NN(c2ccccc2)[C@H](N)[C@@H]1C#N. The molecule has 2 atom stereocenters. The van der Waals surface area contributed by atoms with Gasteiger partial charge >= 0.3 is 5.97 Å². The molecule has 2 aromatic carbocycles. The van der Waals surface area contributed by atoms with Crippen LogP contribution in [0.5, 0.6) is 5.75 Å². The van der Waals surface area contributed by atoms with Gasteiger partial charge in [-0.3, -0.25) is 0 Å². The standard InChI is InChI=1S/C21H16ClN5O3/c22-17-9-13(6-7-18(17)30-12-19(28)29)8-14(10-23)20-16(11-24)21(25)27(26-20)15-4-2-1-3-5-15/h1-9,16,21H,12,25H2,(H,28,29)/b14-8-/t16-,21+/m1/s1. The number of nitrogens with two attached hydrogens (primary N) is 1. The van der Waals surface area contributed by atoms with Gasteiger partial charge in [-0.2, -0.15) is 15.6 Å². The quantitative estimate of drug-likeness (QED) is 0.684. The van der Waals surface area contributed by atoms with E-state index >= 15 is 0 Å². The molecule has 3 N–H and O–H groups in total. The molecular formula is C21H16ClN5O3. The maximum atomic E-state index is 10.6. The molecule has 0 saturated carbocycles. The van der Waals surface area contributed by atoms with Gasteiger partial charge in [-0.15, -0.1) is 0 Å². The van der Waals surface area contributed by atoms with Crippen molar-refractivity contribution in [3.8, 4) is 17.9 Å². The molecule has 0 saturated heterocycles. The number of nitriles is 2. The van der Waals surface area contributed by atoms with Crippen molar-refractivity contribution in [1.29, 1.82) is 10.5 Å². The first-order chi connectivity index (χ1) is 14.4. The Labute approximate surface area is 177 Å². The molecule has 1 aliphatic heterocycles. The minimum Gasteiger partial charge on any atom is -0.480 e. The van der Waals surface area contributed by atoms with Crippen LogP contribution in [0.2, 0.25) is 5.02 Å². The summed E-state index contributed by atoms with van der Waals surface area (Å²) in [5.74, 6) is -1.72. The molecule has 0 bridgehead atoms. The Balaban J connectivity index is 1.93. The minimum atomic E-state index is -1.12. The van der Waals surface area contributed by atoms with Crippen LogP contribution in [0.1, 0.15) is 5.56 Å². The Bertz CT molecular complexity index is 1100. The van der Waals surface area contributed by atoms with E-state index in [0.29, 0.717) is 11.3 Å². The number of hydrogen-bond donors (Lipinski definition) is 2. The number of rotatable bonds is 6. The van der Waals surface area contributed by atoms with Crippen LogP contribution < -0.4 is 15.5 Å². The number of para-hydroxylation sites is 1. The van der Waals surface area contributed by atoms with Crippen LogP contribution in [0.25, 0.3) is 6.08 Å². The summed E-state index contributed by atoms with van der Waals surface area (Å²) in [6.07, 6.45) is 0.802. The second kappa shape index (κ2) is 9.10. The van der Waals surface area contributed by atoms with Crippen molar-refractivity contribution < 1.29 is 14.6 Å². The van der Waals surface area contributed by atoms with Crippen LogP contribution in [0.3, 0.4) is 0 Å². The third kappa shape index (κ3) is 4.41. The Morgan fingerprint density at radius 1 is 1.30 bits per heavy atom. The highest BCUT2D eigenvalue weighted by molar-refractivity contribution is 6.32. The normalized spacial score (nSPS) is 18.3. The van der Waals surface area contributed by atoms with Gasteiger partial charge in [0.2, 0.25) is 0 Å². The first-order valence-electron chi connectivity index (χ1n) is 8.79. The van der Waals surface area contributed by atoms with E-state index in [4.69, 9.17) is 27.2 Å². The second-order valence-electron chi connectivity index (χ2n) is 6.30. The van der Waals surface area contributed by atoms with Gasteiger partial charge < -0.3 is 15.6 Å². The summed E-state index contributed by atoms with van der Waals surface area (Å²) in [6, 6.07) is 18.0. The summed E-state index contributed by atoms with van der Waals surface area (Å²) in [5, 5.41) is 34.1. The number of aliphatic carboxylic acids is 1.